The minimum Gasteiger partial charge on any atom is -0.392 e. The third-order valence-corrected chi connectivity index (χ3v) is 5.78. The van der Waals surface area contributed by atoms with Crippen LogP contribution in [0.15, 0.2) is 34.3 Å². The Morgan fingerprint density at radius 2 is 2.10 bits per heavy atom. The second-order valence-corrected chi connectivity index (χ2v) is 7.80. The number of hydrogen-bond donors (Lipinski definition) is 2. The number of azide groups is 1. The lowest BCUT2D eigenvalue weighted by Crippen LogP contribution is -2.36. The molecule has 114 valence electrons. The molecular formula is C13H18N4O2S2. The summed E-state index contributed by atoms with van der Waals surface area (Å²) in [7, 11) is 3.26. The number of nitrogens with one attached hydrogen (secondary N) is 1. The molecule has 0 saturated carbocycles. The highest BCUT2D eigenvalue weighted by atomic mass is 33.1. The fourth-order valence-electron chi connectivity index (χ4n) is 1.30. The second kappa shape index (κ2) is 8.84. The molecule has 2 N–H and O–H groups in total. The molecule has 0 atom stereocenters. The number of aliphatic hydroxyl groups is 1. The van der Waals surface area contributed by atoms with E-state index in [-0.39, 0.29) is 23.8 Å². The van der Waals surface area contributed by atoms with Crippen molar-refractivity contribution in [2.45, 2.75) is 30.1 Å². The molecule has 0 heterocycles. The largest absolute Gasteiger partial charge is 0.392 e. The lowest BCUT2D eigenvalue weighted by Gasteiger charge is -2.23. The van der Waals surface area contributed by atoms with Crippen LogP contribution in [0.2, 0.25) is 0 Å². The quantitative estimate of drug-likeness (QED) is 0.332. The maximum absolute atomic E-state index is 11.4. The molecule has 0 aliphatic rings. The zero-order chi connectivity index (χ0) is 15.7. The molecule has 8 heteroatoms. The van der Waals surface area contributed by atoms with Crippen LogP contribution >= 0.6 is 21.6 Å². The van der Waals surface area contributed by atoms with Crippen LogP contribution in [-0.2, 0) is 11.4 Å². The van der Waals surface area contributed by atoms with Crippen LogP contribution < -0.4 is 5.32 Å². The van der Waals surface area contributed by atoms with Crippen molar-refractivity contribution in [2.75, 3.05) is 13.1 Å². The SMILES string of the molecule is CC(C)(CNC(=O)CN=[N+]=[N-])SSc1ccc(CO)cc1. The smallest absolute Gasteiger partial charge is 0.225 e. The molecule has 1 amide bonds. The Morgan fingerprint density at radius 3 is 2.67 bits per heavy atom. The maximum Gasteiger partial charge on any atom is 0.225 e. The number of carbonyl (C=O) groups is 1. The number of hydrogen-bond acceptors (Lipinski definition) is 5. The van der Waals surface area contributed by atoms with Crippen LogP contribution in [0, 0.1) is 0 Å². The van der Waals surface area contributed by atoms with E-state index in [0.29, 0.717) is 6.54 Å². The van der Waals surface area contributed by atoms with Crippen molar-refractivity contribution in [3.8, 4) is 0 Å². The van der Waals surface area contributed by atoms with Gasteiger partial charge in [-0.1, -0.05) is 38.8 Å². The number of aliphatic hydroxyl groups excluding tert-OH is 1. The van der Waals surface area contributed by atoms with Crippen LogP contribution in [0.3, 0.4) is 0 Å². The van der Waals surface area contributed by atoms with Gasteiger partial charge in [-0.15, -0.1) is 0 Å². The minimum atomic E-state index is -0.279. The average molecular weight is 326 g/mol. The van der Waals surface area contributed by atoms with Crippen molar-refractivity contribution in [1.82, 2.24) is 5.32 Å². The van der Waals surface area contributed by atoms with Gasteiger partial charge in [0, 0.05) is 21.1 Å². The van der Waals surface area contributed by atoms with Crippen LogP contribution in [0.1, 0.15) is 19.4 Å². The molecule has 0 unspecified atom stereocenters. The molecule has 0 aromatic heterocycles. The predicted octanol–water partition coefficient (Wildman–Crippen LogP) is 3.12. The number of benzene rings is 1. The summed E-state index contributed by atoms with van der Waals surface area (Å²) in [6.07, 6.45) is 0. The van der Waals surface area contributed by atoms with E-state index >= 15 is 0 Å². The highest BCUT2D eigenvalue weighted by Gasteiger charge is 2.20. The van der Waals surface area contributed by atoms with E-state index < -0.39 is 0 Å². The molecule has 21 heavy (non-hydrogen) atoms. The Labute approximate surface area is 131 Å². The summed E-state index contributed by atoms with van der Waals surface area (Å²) in [5.74, 6) is -0.279. The van der Waals surface area contributed by atoms with E-state index in [4.69, 9.17) is 10.6 Å². The van der Waals surface area contributed by atoms with Crippen molar-refractivity contribution in [3.63, 3.8) is 0 Å². The van der Waals surface area contributed by atoms with Gasteiger partial charge in [-0.25, -0.2) is 0 Å². The van der Waals surface area contributed by atoms with Crippen LogP contribution in [0.5, 0.6) is 0 Å². The first-order chi connectivity index (χ1) is 9.96. The minimum absolute atomic E-state index is 0.0425. The summed E-state index contributed by atoms with van der Waals surface area (Å²) in [5, 5.41) is 14.9. The Hall–Kier alpha value is -1.34. The first kappa shape index (κ1) is 17.7. The van der Waals surface area contributed by atoms with Crippen molar-refractivity contribution in [2.24, 2.45) is 5.11 Å². The average Bonchev–Trinajstić information content (AvgIpc) is 2.49. The zero-order valence-electron chi connectivity index (χ0n) is 11.9. The molecule has 6 nitrogen and oxygen atoms in total. The lowest BCUT2D eigenvalue weighted by molar-refractivity contribution is -0.119. The summed E-state index contributed by atoms with van der Waals surface area (Å²) < 4.78 is -0.160. The summed E-state index contributed by atoms with van der Waals surface area (Å²) >= 11 is 0. The molecule has 0 fully saturated rings. The van der Waals surface area contributed by atoms with Gasteiger partial charge in [-0.05, 0) is 37.1 Å². The first-order valence-electron chi connectivity index (χ1n) is 6.30. The molecule has 0 bridgehead atoms. The predicted molar refractivity (Wildman–Crippen MR) is 86.9 cm³/mol. The number of amides is 1. The van der Waals surface area contributed by atoms with E-state index in [1.807, 2.05) is 38.1 Å². The van der Waals surface area contributed by atoms with Gasteiger partial charge >= 0.3 is 0 Å². The number of nitrogens with zero attached hydrogens (tertiary/aromatic N) is 3. The van der Waals surface area contributed by atoms with Gasteiger partial charge in [-0.3, -0.25) is 4.79 Å². The van der Waals surface area contributed by atoms with E-state index in [9.17, 15) is 4.79 Å². The monoisotopic (exact) mass is 326 g/mol. The summed E-state index contributed by atoms with van der Waals surface area (Å²) in [6.45, 7) is 4.41. The molecule has 0 saturated heterocycles. The van der Waals surface area contributed by atoms with Gasteiger partial charge in [0.25, 0.3) is 0 Å². The van der Waals surface area contributed by atoms with Crippen molar-refractivity contribution >= 4 is 27.5 Å². The number of rotatable bonds is 8. The van der Waals surface area contributed by atoms with Gasteiger partial charge in [0.05, 0.1) is 6.61 Å². The fraction of sp³-hybridized carbons (Fsp3) is 0.462. The highest BCUT2D eigenvalue weighted by molar-refractivity contribution is 8.77. The van der Waals surface area contributed by atoms with Gasteiger partial charge in [0.1, 0.15) is 6.54 Å². The Bertz CT molecular complexity index is 513. The van der Waals surface area contributed by atoms with Gasteiger partial charge in [0.15, 0.2) is 0 Å². The topological polar surface area (TPSA) is 98.1 Å². The summed E-state index contributed by atoms with van der Waals surface area (Å²) in [6, 6.07) is 7.69. The highest BCUT2D eigenvalue weighted by Crippen LogP contribution is 2.40. The molecule has 1 aromatic rings. The lowest BCUT2D eigenvalue weighted by atomic mass is 10.2. The maximum atomic E-state index is 11.4. The van der Waals surface area contributed by atoms with Gasteiger partial charge in [0.2, 0.25) is 5.91 Å². The Kier molecular flexibility index (Phi) is 7.45. The van der Waals surface area contributed by atoms with Gasteiger partial charge < -0.3 is 10.4 Å². The molecule has 1 rings (SSSR count). The second-order valence-electron chi connectivity index (χ2n) is 4.89. The number of carbonyl (C=O) groups excluding carboxylic acids is 1. The van der Waals surface area contributed by atoms with Crippen LogP contribution in [0.25, 0.3) is 10.4 Å². The van der Waals surface area contributed by atoms with E-state index in [0.717, 1.165) is 10.5 Å². The van der Waals surface area contributed by atoms with Gasteiger partial charge in [-0.2, -0.15) is 0 Å². The molecule has 1 aromatic carbocycles. The third kappa shape index (κ3) is 7.29. The van der Waals surface area contributed by atoms with Crippen LogP contribution in [0.4, 0.5) is 0 Å². The Morgan fingerprint density at radius 1 is 1.43 bits per heavy atom. The van der Waals surface area contributed by atoms with E-state index in [1.54, 1.807) is 21.6 Å². The summed E-state index contributed by atoms with van der Waals surface area (Å²) in [5.41, 5.74) is 9.03. The summed E-state index contributed by atoms with van der Waals surface area (Å²) in [4.78, 5) is 15.0. The van der Waals surface area contributed by atoms with Crippen molar-refractivity contribution in [1.29, 1.82) is 0 Å². The first-order valence-corrected chi connectivity index (χ1v) is 8.45. The standard InChI is InChI=1S/C13H18N4O2S2/c1-13(2,9-15-12(19)7-16-17-14)21-20-11-5-3-10(8-18)4-6-11/h3-6,18H,7-9H2,1-2H3,(H,15,19). The molecule has 0 radical (unpaired) electrons. The molecule has 0 aliphatic carbocycles. The fourth-order valence-corrected chi connectivity index (χ4v) is 3.48. The zero-order valence-corrected chi connectivity index (χ0v) is 13.6. The van der Waals surface area contributed by atoms with Crippen molar-refractivity contribution < 1.29 is 9.90 Å². The molecule has 0 aliphatic heterocycles. The molecular weight excluding hydrogens is 308 g/mol. The Balaban J connectivity index is 2.40. The normalized spacial score (nSPS) is 10.8. The van der Waals surface area contributed by atoms with E-state index in [2.05, 4.69) is 15.3 Å². The van der Waals surface area contributed by atoms with Crippen LogP contribution in [-0.4, -0.2) is 28.9 Å². The third-order valence-electron chi connectivity index (χ3n) is 2.46. The van der Waals surface area contributed by atoms with E-state index in [1.165, 1.54) is 0 Å². The molecule has 0 spiro atoms. The van der Waals surface area contributed by atoms with Crippen molar-refractivity contribution in [3.05, 3.63) is 40.3 Å².